The fraction of sp³-hybridized carbons (Fsp3) is 0. The van der Waals surface area contributed by atoms with Crippen LogP contribution in [-0.4, -0.2) is 5.11 Å². The third-order valence-electron chi connectivity index (χ3n) is 1.94. The van der Waals surface area contributed by atoms with E-state index in [1.807, 2.05) is 0 Å². The highest BCUT2D eigenvalue weighted by Crippen LogP contribution is 2.31. The maximum Gasteiger partial charge on any atom is 0.125 e. The Morgan fingerprint density at radius 2 is 1.92 bits per heavy atom. The maximum absolute atomic E-state index is 9.54. The van der Waals surface area contributed by atoms with E-state index in [1.54, 1.807) is 24.3 Å². The number of hydrogen-bond donors (Lipinski definition) is 2. The van der Waals surface area contributed by atoms with Crippen LogP contribution in [0, 0.1) is 0 Å². The average Bonchev–Trinajstić information content (AvgIpc) is 2.07. The molecule has 0 heterocycles. The van der Waals surface area contributed by atoms with Gasteiger partial charge in [-0.05, 0) is 12.1 Å². The van der Waals surface area contributed by atoms with Crippen LogP contribution in [0.2, 0.25) is 5.02 Å². The maximum atomic E-state index is 9.54. The van der Waals surface area contributed by atoms with Crippen LogP contribution in [0.4, 0.5) is 5.69 Å². The third kappa shape index (κ3) is 1.29. The van der Waals surface area contributed by atoms with Gasteiger partial charge in [0.05, 0.1) is 0 Å². The molecule has 0 amide bonds. The molecule has 0 saturated heterocycles. The molecular weight excluding hydrogens is 186 g/mol. The second-order valence-electron chi connectivity index (χ2n) is 2.87. The lowest BCUT2D eigenvalue weighted by atomic mass is 10.1. The molecule has 2 nitrogen and oxygen atoms in total. The molecule has 0 aliphatic rings. The zero-order chi connectivity index (χ0) is 9.42. The van der Waals surface area contributed by atoms with Crippen molar-refractivity contribution in [2.24, 2.45) is 0 Å². The van der Waals surface area contributed by atoms with Crippen molar-refractivity contribution in [3.63, 3.8) is 0 Å². The number of anilines is 1. The minimum absolute atomic E-state index is 0.164. The highest BCUT2D eigenvalue weighted by Gasteiger charge is 2.03. The molecule has 13 heavy (non-hydrogen) atoms. The van der Waals surface area contributed by atoms with Crippen molar-refractivity contribution in [1.82, 2.24) is 0 Å². The van der Waals surface area contributed by atoms with Crippen LogP contribution in [0.15, 0.2) is 30.3 Å². The monoisotopic (exact) mass is 193 g/mol. The van der Waals surface area contributed by atoms with E-state index in [4.69, 9.17) is 17.3 Å². The van der Waals surface area contributed by atoms with Gasteiger partial charge in [0.2, 0.25) is 0 Å². The Hall–Kier alpha value is -1.41. The second kappa shape index (κ2) is 2.82. The summed E-state index contributed by atoms with van der Waals surface area (Å²) in [5, 5.41) is 11.6. The number of rotatable bonds is 0. The molecule has 2 rings (SSSR count). The predicted molar refractivity (Wildman–Crippen MR) is 55.0 cm³/mol. The SMILES string of the molecule is Nc1cc(O)c2cccc(Cl)c2c1. The normalized spacial score (nSPS) is 10.5. The number of nitrogen functional groups attached to an aromatic ring is 1. The Bertz CT molecular complexity index is 468. The molecule has 3 N–H and O–H groups in total. The van der Waals surface area contributed by atoms with E-state index in [0.29, 0.717) is 10.7 Å². The summed E-state index contributed by atoms with van der Waals surface area (Å²) >= 11 is 5.93. The fourth-order valence-corrected chi connectivity index (χ4v) is 1.58. The smallest absolute Gasteiger partial charge is 0.125 e. The zero-order valence-electron chi connectivity index (χ0n) is 6.79. The van der Waals surface area contributed by atoms with Crippen LogP contribution < -0.4 is 5.73 Å². The van der Waals surface area contributed by atoms with Crippen molar-refractivity contribution in [3.05, 3.63) is 35.4 Å². The van der Waals surface area contributed by atoms with Crippen LogP contribution in [-0.2, 0) is 0 Å². The van der Waals surface area contributed by atoms with Crippen LogP contribution in [0.25, 0.3) is 10.8 Å². The van der Waals surface area contributed by atoms with Gasteiger partial charge in [-0.15, -0.1) is 0 Å². The number of benzene rings is 2. The van der Waals surface area contributed by atoms with Crippen LogP contribution in [0.5, 0.6) is 5.75 Å². The van der Waals surface area contributed by atoms with Crippen LogP contribution in [0.3, 0.4) is 0 Å². The van der Waals surface area contributed by atoms with Gasteiger partial charge in [-0.2, -0.15) is 0 Å². The second-order valence-corrected chi connectivity index (χ2v) is 3.28. The lowest BCUT2D eigenvalue weighted by molar-refractivity contribution is 0.482. The number of fused-ring (bicyclic) bond motifs is 1. The molecule has 0 saturated carbocycles. The van der Waals surface area contributed by atoms with Crippen molar-refractivity contribution in [2.75, 3.05) is 5.73 Å². The Balaban J connectivity index is 2.94. The van der Waals surface area contributed by atoms with Gasteiger partial charge in [0, 0.05) is 27.5 Å². The Morgan fingerprint density at radius 1 is 1.15 bits per heavy atom. The number of hydrogen-bond acceptors (Lipinski definition) is 2. The molecule has 0 aliphatic carbocycles. The van der Waals surface area contributed by atoms with Crippen molar-refractivity contribution in [2.45, 2.75) is 0 Å². The van der Waals surface area contributed by atoms with Gasteiger partial charge in [-0.25, -0.2) is 0 Å². The minimum Gasteiger partial charge on any atom is -0.507 e. The molecule has 0 aliphatic heterocycles. The molecule has 0 aromatic heterocycles. The van der Waals surface area contributed by atoms with Gasteiger partial charge in [0.1, 0.15) is 5.75 Å². The molecule has 2 aromatic rings. The number of phenolic OH excluding ortho intramolecular Hbond substituents is 1. The summed E-state index contributed by atoms with van der Waals surface area (Å²) in [5.74, 6) is 0.164. The molecule has 0 atom stereocenters. The number of nitrogens with two attached hydrogens (primary N) is 1. The minimum atomic E-state index is 0.164. The summed E-state index contributed by atoms with van der Waals surface area (Å²) in [6.07, 6.45) is 0. The quantitative estimate of drug-likeness (QED) is 0.632. The average molecular weight is 194 g/mol. The summed E-state index contributed by atoms with van der Waals surface area (Å²) in [6.45, 7) is 0. The van der Waals surface area contributed by atoms with Gasteiger partial charge in [0.15, 0.2) is 0 Å². The Kier molecular flexibility index (Phi) is 1.78. The summed E-state index contributed by atoms with van der Waals surface area (Å²) in [7, 11) is 0. The molecule has 0 spiro atoms. The van der Waals surface area contributed by atoms with Gasteiger partial charge < -0.3 is 10.8 Å². The van der Waals surface area contributed by atoms with Crippen LogP contribution in [0.1, 0.15) is 0 Å². The number of aromatic hydroxyl groups is 1. The van der Waals surface area contributed by atoms with E-state index in [2.05, 4.69) is 0 Å². The largest absolute Gasteiger partial charge is 0.507 e. The van der Waals surface area contributed by atoms with Gasteiger partial charge in [-0.1, -0.05) is 23.7 Å². The van der Waals surface area contributed by atoms with E-state index < -0.39 is 0 Å². The van der Waals surface area contributed by atoms with Gasteiger partial charge >= 0.3 is 0 Å². The Labute approximate surface area is 80.6 Å². The Morgan fingerprint density at radius 3 is 2.69 bits per heavy atom. The number of halogens is 1. The molecule has 66 valence electrons. The first kappa shape index (κ1) is 8.20. The van der Waals surface area contributed by atoms with Gasteiger partial charge in [0.25, 0.3) is 0 Å². The van der Waals surface area contributed by atoms with Gasteiger partial charge in [-0.3, -0.25) is 0 Å². The molecule has 2 aromatic carbocycles. The van der Waals surface area contributed by atoms with E-state index >= 15 is 0 Å². The predicted octanol–water partition coefficient (Wildman–Crippen LogP) is 2.78. The molecule has 3 heteroatoms. The lowest BCUT2D eigenvalue weighted by Gasteiger charge is -2.03. The van der Waals surface area contributed by atoms with Crippen LogP contribution >= 0.6 is 11.6 Å². The van der Waals surface area contributed by atoms with E-state index in [9.17, 15) is 5.11 Å². The summed E-state index contributed by atoms with van der Waals surface area (Å²) < 4.78 is 0. The summed E-state index contributed by atoms with van der Waals surface area (Å²) in [6, 6.07) is 8.62. The fourth-order valence-electron chi connectivity index (χ4n) is 1.35. The molecule has 0 radical (unpaired) electrons. The summed E-state index contributed by atoms with van der Waals surface area (Å²) in [4.78, 5) is 0. The van der Waals surface area contributed by atoms with E-state index in [1.165, 1.54) is 6.07 Å². The van der Waals surface area contributed by atoms with Crippen molar-refractivity contribution in [1.29, 1.82) is 0 Å². The first-order valence-corrected chi connectivity index (χ1v) is 4.23. The van der Waals surface area contributed by atoms with E-state index in [0.717, 1.165) is 10.8 Å². The topological polar surface area (TPSA) is 46.2 Å². The standard InChI is InChI=1S/C10H8ClNO/c11-9-3-1-2-7-8(9)4-6(12)5-10(7)13/h1-5,13H,12H2. The first-order chi connectivity index (χ1) is 6.18. The zero-order valence-corrected chi connectivity index (χ0v) is 7.55. The molecule has 0 fully saturated rings. The summed E-state index contributed by atoms with van der Waals surface area (Å²) in [5.41, 5.74) is 6.09. The highest BCUT2D eigenvalue weighted by atomic mass is 35.5. The highest BCUT2D eigenvalue weighted by molar-refractivity contribution is 6.35. The lowest BCUT2D eigenvalue weighted by Crippen LogP contribution is -1.85. The number of phenols is 1. The molecule has 0 unspecified atom stereocenters. The van der Waals surface area contributed by atoms with Crippen molar-refractivity contribution < 1.29 is 5.11 Å². The molecular formula is C10H8ClNO. The van der Waals surface area contributed by atoms with Crippen molar-refractivity contribution in [3.8, 4) is 5.75 Å². The van der Waals surface area contributed by atoms with E-state index in [-0.39, 0.29) is 5.75 Å². The van der Waals surface area contributed by atoms with Crippen molar-refractivity contribution >= 4 is 28.1 Å². The third-order valence-corrected chi connectivity index (χ3v) is 2.27. The molecule has 0 bridgehead atoms. The first-order valence-electron chi connectivity index (χ1n) is 3.85.